The van der Waals surface area contributed by atoms with Crippen LogP contribution in [0.15, 0.2) is 36.7 Å². The summed E-state index contributed by atoms with van der Waals surface area (Å²) in [6.45, 7) is 8.54. The van der Waals surface area contributed by atoms with E-state index in [-0.39, 0.29) is 5.41 Å². The molecular formula is C17H20N4. The number of nitrogen functional groups attached to an aromatic ring is 1. The highest BCUT2D eigenvalue weighted by Crippen LogP contribution is 2.28. The van der Waals surface area contributed by atoms with Gasteiger partial charge in [0, 0.05) is 18.0 Å². The molecule has 21 heavy (non-hydrogen) atoms. The number of aryl methyl sites for hydroxylation is 1. The van der Waals surface area contributed by atoms with E-state index >= 15 is 0 Å². The molecule has 2 heterocycles. The van der Waals surface area contributed by atoms with Crippen molar-refractivity contribution >= 4 is 11.5 Å². The highest BCUT2D eigenvalue weighted by Gasteiger charge is 2.15. The number of aromatic nitrogens is 3. The lowest BCUT2D eigenvalue weighted by Gasteiger charge is -2.19. The first-order valence-electron chi connectivity index (χ1n) is 7.08. The van der Waals surface area contributed by atoms with E-state index in [0.29, 0.717) is 5.82 Å². The first-order valence-corrected chi connectivity index (χ1v) is 7.08. The Bertz CT molecular complexity index is 792. The summed E-state index contributed by atoms with van der Waals surface area (Å²) in [7, 11) is 0. The lowest BCUT2D eigenvalue weighted by Crippen LogP contribution is -2.10. The van der Waals surface area contributed by atoms with E-state index in [2.05, 4.69) is 55.0 Å². The first kappa shape index (κ1) is 13.6. The van der Waals surface area contributed by atoms with Crippen molar-refractivity contribution in [3.63, 3.8) is 0 Å². The number of fused-ring (bicyclic) bond motifs is 1. The van der Waals surface area contributed by atoms with Crippen LogP contribution >= 0.6 is 0 Å². The number of hydrogen-bond donors (Lipinski definition) is 1. The van der Waals surface area contributed by atoms with E-state index in [1.54, 1.807) is 6.20 Å². The van der Waals surface area contributed by atoms with Gasteiger partial charge in [0.15, 0.2) is 5.65 Å². The van der Waals surface area contributed by atoms with E-state index < -0.39 is 0 Å². The molecule has 4 nitrogen and oxygen atoms in total. The van der Waals surface area contributed by atoms with Gasteiger partial charge in [-0.1, -0.05) is 45.0 Å². The maximum Gasteiger partial charge on any atom is 0.165 e. The normalized spacial score (nSPS) is 12.0. The van der Waals surface area contributed by atoms with E-state index in [1.165, 1.54) is 5.56 Å². The maximum atomic E-state index is 6.04. The summed E-state index contributed by atoms with van der Waals surface area (Å²) in [5, 5.41) is 0. The highest BCUT2D eigenvalue weighted by molar-refractivity contribution is 5.75. The molecule has 2 N–H and O–H groups in total. The highest BCUT2D eigenvalue weighted by atomic mass is 15.1. The van der Waals surface area contributed by atoms with Crippen molar-refractivity contribution in [3.8, 4) is 11.3 Å². The molecule has 0 unspecified atom stereocenters. The zero-order valence-corrected chi connectivity index (χ0v) is 12.9. The smallest absolute Gasteiger partial charge is 0.165 e. The Kier molecular flexibility index (Phi) is 2.97. The Morgan fingerprint density at radius 3 is 2.38 bits per heavy atom. The Balaban J connectivity index is 2.15. The van der Waals surface area contributed by atoms with Crippen molar-refractivity contribution in [1.82, 2.24) is 14.4 Å². The van der Waals surface area contributed by atoms with Gasteiger partial charge in [-0.05, 0) is 17.9 Å². The fourth-order valence-corrected chi connectivity index (χ4v) is 2.44. The molecule has 1 aromatic carbocycles. The Labute approximate surface area is 124 Å². The third kappa shape index (κ3) is 2.27. The van der Waals surface area contributed by atoms with Crippen molar-refractivity contribution < 1.29 is 0 Å². The van der Waals surface area contributed by atoms with Gasteiger partial charge in [-0.15, -0.1) is 0 Å². The van der Waals surface area contributed by atoms with Crippen LogP contribution in [0.3, 0.4) is 0 Å². The molecule has 0 aliphatic rings. The number of nitrogens with two attached hydrogens (primary N) is 1. The van der Waals surface area contributed by atoms with Crippen molar-refractivity contribution in [1.29, 1.82) is 0 Å². The fourth-order valence-electron chi connectivity index (χ4n) is 2.44. The van der Waals surface area contributed by atoms with Crippen LogP contribution in [0.4, 0.5) is 5.82 Å². The summed E-state index contributed by atoms with van der Waals surface area (Å²) in [6, 6.07) is 8.51. The second kappa shape index (κ2) is 4.58. The molecule has 0 bridgehead atoms. The molecule has 0 atom stereocenters. The summed E-state index contributed by atoms with van der Waals surface area (Å²) in [4.78, 5) is 9.02. The predicted octanol–water partition coefficient (Wildman–Crippen LogP) is 3.58. The summed E-state index contributed by atoms with van der Waals surface area (Å²) in [6.07, 6.45) is 3.61. The minimum Gasteiger partial charge on any atom is -0.383 e. The SMILES string of the molecule is Cc1nc2c(-c3ccc(C(C)(C)C)cc3)nccn2c1N. The lowest BCUT2D eigenvalue weighted by atomic mass is 9.86. The second-order valence-corrected chi connectivity index (χ2v) is 6.38. The van der Waals surface area contributed by atoms with Gasteiger partial charge in [-0.25, -0.2) is 4.98 Å². The lowest BCUT2D eigenvalue weighted by molar-refractivity contribution is 0.590. The van der Waals surface area contributed by atoms with Crippen molar-refractivity contribution in [3.05, 3.63) is 47.9 Å². The molecule has 108 valence electrons. The van der Waals surface area contributed by atoms with Crippen LogP contribution in [0.25, 0.3) is 16.9 Å². The summed E-state index contributed by atoms with van der Waals surface area (Å²) in [5.41, 5.74) is 11.0. The van der Waals surface area contributed by atoms with Gasteiger partial charge in [0.1, 0.15) is 11.5 Å². The van der Waals surface area contributed by atoms with Crippen molar-refractivity contribution in [2.45, 2.75) is 33.1 Å². The molecule has 0 spiro atoms. The van der Waals surface area contributed by atoms with E-state index in [9.17, 15) is 0 Å². The number of nitrogens with zero attached hydrogens (tertiary/aromatic N) is 3. The van der Waals surface area contributed by atoms with Crippen molar-refractivity contribution in [2.24, 2.45) is 0 Å². The van der Waals surface area contributed by atoms with Crippen molar-refractivity contribution in [2.75, 3.05) is 5.73 Å². The van der Waals surface area contributed by atoms with Crippen LogP contribution in [-0.2, 0) is 5.41 Å². The van der Waals surface area contributed by atoms with Crippen LogP contribution in [0, 0.1) is 6.92 Å². The zero-order valence-electron chi connectivity index (χ0n) is 12.9. The van der Waals surface area contributed by atoms with Crippen LogP contribution in [0.5, 0.6) is 0 Å². The minimum atomic E-state index is 0.145. The summed E-state index contributed by atoms with van der Waals surface area (Å²) < 4.78 is 1.88. The molecule has 0 radical (unpaired) electrons. The fraction of sp³-hybridized carbons (Fsp3) is 0.294. The minimum absolute atomic E-state index is 0.145. The molecule has 3 rings (SSSR count). The molecule has 0 aliphatic carbocycles. The van der Waals surface area contributed by atoms with Gasteiger partial charge < -0.3 is 5.73 Å². The van der Waals surface area contributed by atoms with Gasteiger partial charge in [0.05, 0.1) is 5.69 Å². The molecular weight excluding hydrogens is 260 g/mol. The maximum absolute atomic E-state index is 6.04. The van der Waals surface area contributed by atoms with Gasteiger partial charge >= 0.3 is 0 Å². The Hall–Kier alpha value is -2.36. The number of imidazole rings is 1. The first-order chi connectivity index (χ1) is 9.88. The van der Waals surface area contributed by atoms with Gasteiger partial charge in [0.2, 0.25) is 0 Å². The zero-order chi connectivity index (χ0) is 15.2. The number of hydrogen-bond acceptors (Lipinski definition) is 3. The largest absolute Gasteiger partial charge is 0.383 e. The number of benzene rings is 1. The van der Waals surface area contributed by atoms with Gasteiger partial charge in [0.25, 0.3) is 0 Å². The molecule has 3 aromatic rings. The molecule has 0 aliphatic heterocycles. The average Bonchev–Trinajstić information content (AvgIpc) is 2.74. The van der Waals surface area contributed by atoms with Crippen LogP contribution in [-0.4, -0.2) is 14.4 Å². The van der Waals surface area contributed by atoms with Gasteiger partial charge in [-0.2, -0.15) is 0 Å². The Morgan fingerprint density at radius 2 is 1.76 bits per heavy atom. The van der Waals surface area contributed by atoms with Crippen LogP contribution in [0.2, 0.25) is 0 Å². The molecule has 0 saturated carbocycles. The van der Waals surface area contributed by atoms with Gasteiger partial charge in [-0.3, -0.25) is 9.38 Å². The number of rotatable bonds is 1. The monoisotopic (exact) mass is 280 g/mol. The quantitative estimate of drug-likeness (QED) is 0.741. The molecule has 2 aromatic heterocycles. The van der Waals surface area contributed by atoms with Crippen LogP contribution < -0.4 is 5.73 Å². The van der Waals surface area contributed by atoms with Crippen LogP contribution in [0.1, 0.15) is 32.0 Å². The Morgan fingerprint density at radius 1 is 1.10 bits per heavy atom. The number of anilines is 1. The topological polar surface area (TPSA) is 56.2 Å². The van der Waals surface area contributed by atoms with E-state index in [1.807, 2.05) is 17.5 Å². The molecule has 0 saturated heterocycles. The third-order valence-corrected chi connectivity index (χ3v) is 3.79. The summed E-state index contributed by atoms with van der Waals surface area (Å²) >= 11 is 0. The molecule has 0 fully saturated rings. The second-order valence-electron chi connectivity index (χ2n) is 6.38. The molecule has 4 heteroatoms. The average molecular weight is 280 g/mol. The van der Waals surface area contributed by atoms with E-state index in [4.69, 9.17) is 5.73 Å². The third-order valence-electron chi connectivity index (χ3n) is 3.79. The molecule has 0 amide bonds. The van der Waals surface area contributed by atoms with E-state index in [0.717, 1.165) is 22.6 Å². The summed E-state index contributed by atoms with van der Waals surface area (Å²) in [5.74, 6) is 0.667. The predicted molar refractivity (Wildman–Crippen MR) is 86.3 cm³/mol. The standard InChI is InChI=1S/C17H20N4/c1-11-15(18)21-10-9-19-14(16(21)20-11)12-5-7-13(8-6-12)17(2,3)4/h5-10H,18H2,1-4H3.